The van der Waals surface area contributed by atoms with E-state index in [-0.39, 0.29) is 0 Å². The van der Waals surface area contributed by atoms with E-state index in [4.69, 9.17) is 0 Å². The molecule has 0 fully saturated rings. The first kappa shape index (κ1) is 14.3. The van der Waals surface area contributed by atoms with E-state index in [0.717, 1.165) is 19.3 Å². The summed E-state index contributed by atoms with van der Waals surface area (Å²) in [6, 6.07) is 27.0. The van der Waals surface area contributed by atoms with Crippen molar-refractivity contribution in [3.05, 3.63) is 95.1 Å². The fourth-order valence-corrected chi connectivity index (χ4v) is 3.82. The van der Waals surface area contributed by atoms with Crippen LogP contribution in [0.15, 0.2) is 72.8 Å². The van der Waals surface area contributed by atoms with Gasteiger partial charge in [0.25, 0.3) is 0 Å². The van der Waals surface area contributed by atoms with Crippen LogP contribution in [0.4, 0.5) is 0 Å². The maximum Gasteiger partial charge on any atom is -0.00806 e. The Morgan fingerprint density at radius 2 is 1.43 bits per heavy atom. The van der Waals surface area contributed by atoms with Crippen LogP contribution in [0.2, 0.25) is 0 Å². The van der Waals surface area contributed by atoms with E-state index in [1.807, 2.05) is 0 Å². The Morgan fingerprint density at radius 3 is 2.26 bits per heavy atom. The summed E-state index contributed by atoms with van der Waals surface area (Å²) < 4.78 is 0. The second-order valence-electron chi connectivity index (χ2n) is 6.52. The van der Waals surface area contributed by atoms with Crippen molar-refractivity contribution in [1.82, 2.24) is 0 Å². The van der Waals surface area contributed by atoms with Gasteiger partial charge in [0, 0.05) is 0 Å². The molecule has 3 aromatic carbocycles. The predicted molar refractivity (Wildman–Crippen MR) is 97.8 cm³/mol. The van der Waals surface area contributed by atoms with Crippen molar-refractivity contribution in [2.24, 2.45) is 0 Å². The van der Waals surface area contributed by atoms with Crippen LogP contribution in [0.1, 0.15) is 35.1 Å². The quantitative estimate of drug-likeness (QED) is 0.561. The molecule has 23 heavy (non-hydrogen) atoms. The van der Waals surface area contributed by atoms with Crippen LogP contribution in [-0.4, -0.2) is 0 Å². The van der Waals surface area contributed by atoms with Gasteiger partial charge in [-0.1, -0.05) is 79.7 Å². The fraction of sp³-hybridized carbons (Fsp3) is 0.217. The number of benzene rings is 3. The molecule has 0 radical (unpaired) electrons. The Hall–Kier alpha value is -2.34. The smallest absolute Gasteiger partial charge is 0.00806 e. The van der Waals surface area contributed by atoms with Crippen molar-refractivity contribution in [2.45, 2.75) is 32.1 Å². The summed E-state index contributed by atoms with van der Waals surface area (Å²) in [6.07, 6.45) is 3.35. The lowest BCUT2D eigenvalue weighted by molar-refractivity contribution is 0.688. The van der Waals surface area contributed by atoms with Crippen LogP contribution >= 0.6 is 0 Å². The lowest BCUT2D eigenvalue weighted by atomic mass is 9.88. The molecule has 0 spiro atoms. The molecule has 0 N–H and O–H groups in total. The first-order chi connectivity index (χ1) is 11.3. The molecule has 0 aliphatic heterocycles. The van der Waals surface area contributed by atoms with Gasteiger partial charge < -0.3 is 0 Å². The second kappa shape index (κ2) is 6.04. The van der Waals surface area contributed by atoms with Gasteiger partial charge in [0.2, 0.25) is 0 Å². The Morgan fingerprint density at radius 1 is 0.739 bits per heavy atom. The average Bonchev–Trinajstić information content (AvgIpc) is 2.78. The molecule has 0 saturated carbocycles. The summed E-state index contributed by atoms with van der Waals surface area (Å²) in [5.41, 5.74) is 8.72. The summed E-state index contributed by atoms with van der Waals surface area (Å²) in [5.74, 6) is 0.561. The maximum absolute atomic E-state index is 2.42. The average molecular weight is 298 g/mol. The molecule has 1 unspecified atom stereocenters. The van der Waals surface area contributed by atoms with Gasteiger partial charge in [0.1, 0.15) is 0 Å². The number of hydrogen-bond acceptors (Lipinski definition) is 0. The molecule has 0 aromatic heterocycles. The van der Waals surface area contributed by atoms with Crippen molar-refractivity contribution in [3.63, 3.8) is 0 Å². The first-order valence-corrected chi connectivity index (χ1v) is 8.60. The van der Waals surface area contributed by atoms with Crippen LogP contribution in [-0.2, 0) is 19.3 Å². The number of rotatable bonds is 2. The van der Waals surface area contributed by atoms with E-state index < -0.39 is 0 Å². The van der Waals surface area contributed by atoms with Gasteiger partial charge in [-0.05, 0) is 58.6 Å². The standard InChI is InChI=1S/C23H22/c1-2-17-12-13-23-21(14-17)16-20(18-8-4-3-5-9-18)15-19-10-6-7-11-22(19)23/h3-14,20H,2,15-16H2,1H3. The maximum atomic E-state index is 2.42. The minimum atomic E-state index is 0.561. The van der Waals surface area contributed by atoms with Gasteiger partial charge in [-0.25, -0.2) is 0 Å². The summed E-state index contributed by atoms with van der Waals surface area (Å²) in [6.45, 7) is 2.24. The third-order valence-corrected chi connectivity index (χ3v) is 5.09. The SMILES string of the molecule is CCc1ccc2c(c1)CC(c1ccccc1)Cc1ccccc1-2. The fourth-order valence-electron chi connectivity index (χ4n) is 3.82. The normalized spacial score (nSPS) is 16.3. The molecule has 114 valence electrons. The van der Waals surface area contributed by atoms with Gasteiger partial charge >= 0.3 is 0 Å². The lowest BCUT2D eigenvalue weighted by Gasteiger charge is -2.16. The van der Waals surface area contributed by atoms with E-state index in [2.05, 4.69) is 79.7 Å². The molecule has 4 rings (SSSR count). The van der Waals surface area contributed by atoms with Gasteiger partial charge in [-0.2, -0.15) is 0 Å². The van der Waals surface area contributed by atoms with Gasteiger partial charge in [-0.15, -0.1) is 0 Å². The predicted octanol–water partition coefficient (Wildman–Crippen LogP) is 5.80. The number of aryl methyl sites for hydroxylation is 1. The summed E-state index contributed by atoms with van der Waals surface area (Å²) in [7, 11) is 0. The van der Waals surface area contributed by atoms with E-state index >= 15 is 0 Å². The molecule has 0 heterocycles. The lowest BCUT2D eigenvalue weighted by Crippen LogP contribution is -2.05. The number of fused-ring (bicyclic) bond motifs is 3. The summed E-state index contributed by atoms with van der Waals surface area (Å²) in [4.78, 5) is 0. The van der Waals surface area contributed by atoms with Gasteiger partial charge in [0.15, 0.2) is 0 Å². The molecule has 0 saturated heterocycles. The highest BCUT2D eigenvalue weighted by molar-refractivity contribution is 5.72. The molecular weight excluding hydrogens is 276 g/mol. The van der Waals surface area contributed by atoms with Crippen molar-refractivity contribution in [2.75, 3.05) is 0 Å². The van der Waals surface area contributed by atoms with E-state index in [1.54, 1.807) is 0 Å². The Bertz CT molecular complexity index is 814. The summed E-state index contributed by atoms with van der Waals surface area (Å²) >= 11 is 0. The zero-order valence-corrected chi connectivity index (χ0v) is 13.6. The highest BCUT2D eigenvalue weighted by Crippen LogP contribution is 2.38. The monoisotopic (exact) mass is 298 g/mol. The van der Waals surface area contributed by atoms with E-state index in [0.29, 0.717) is 5.92 Å². The highest BCUT2D eigenvalue weighted by atomic mass is 14.3. The Labute approximate surface area is 138 Å². The molecule has 1 aliphatic rings. The van der Waals surface area contributed by atoms with Crippen LogP contribution in [0.3, 0.4) is 0 Å². The Kier molecular flexibility index (Phi) is 3.75. The zero-order valence-electron chi connectivity index (χ0n) is 13.6. The molecule has 0 nitrogen and oxygen atoms in total. The Balaban J connectivity index is 1.87. The minimum absolute atomic E-state index is 0.561. The molecule has 1 atom stereocenters. The number of hydrogen-bond donors (Lipinski definition) is 0. The first-order valence-electron chi connectivity index (χ1n) is 8.60. The summed E-state index contributed by atoms with van der Waals surface area (Å²) in [5, 5.41) is 0. The van der Waals surface area contributed by atoms with Crippen molar-refractivity contribution >= 4 is 0 Å². The zero-order chi connectivity index (χ0) is 15.6. The topological polar surface area (TPSA) is 0 Å². The van der Waals surface area contributed by atoms with Crippen molar-refractivity contribution in [1.29, 1.82) is 0 Å². The van der Waals surface area contributed by atoms with Crippen LogP contribution in [0, 0.1) is 0 Å². The van der Waals surface area contributed by atoms with E-state index in [1.165, 1.54) is 33.4 Å². The van der Waals surface area contributed by atoms with Crippen molar-refractivity contribution < 1.29 is 0 Å². The molecule has 0 bridgehead atoms. The highest BCUT2D eigenvalue weighted by Gasteiger charge is 2.22. The molecule has 0 heteroatoms. The van der Waals surface area contributed by atoms with Crippen molar-refractivity contribution in [3.8, 4) is 11.1 Å². The van der Waals surface area contributed by atoms with Gasteiger partial charge in [-0.3, -0.25) is 0 Å². The molecule has 3 aromatic rings. The third kappa shape index (κ3) is 2.70. The molecule has 1 aliphatic carbocycles. The van der Waals surface area contributed by atoms with Gasteiger partial charge in [0.05, 0.1) is 0 Å². The second-order valence-corrected chi connectivity index (χ2v) is 6.52. The van der Waals surface area contributed by atoms with Crippen LogP contribution < -0.4 is 0 Å². The molecular formula is C23H22. The third-order valence-electron chi connectivity index (χ3n) is 5.09. The minimum Gasteiger partial charge on any atom is -0.0622 e. The van der Waals surface area contributed by atoms with E-state index in [9.17, 15) is 0 Å². The largest absolute Gasteiger partial charge is 0.0622 e. The van der Waals surface area contributed by atoms with Crippen LogP contribution in [0.25, 0.3) is 11.1 Å². The molecule has 0 amide bonds. The van der Waals surface area contributed by atoms with Crippen LogP contribution in [0.5, 0.6) is 0 Å².